The Morgan fingerprint density at radius 2 is 1.79 bits per heavy atom. The predicted octanol–water partition coefficient (Wildman–Crippen LogP) is 7.04. The van der Waals surface area contributed by atoms with Crippen LogP contribution in [0.2, 0.25) is 0 Å². The Morgan fingerprint density at radius 3 is 2.39 bits per heavy atom. The Balaban J connectivity index is 2.37. The van der Waals surface area contributed by atoms with Crippen molar-refractivity contribution < 1.29 is 4.74 Å². The van der Waals surface area contributed by atoms with Crippen molar-refractivity contribution in [1.29, 1.82) is 5.41 Å². The van der Waals surface area contributed by atoms with Crippen LogP contribution in [-0.4, -0.2) is 12.8 Å². The number of benzene rings is 2. The molecule has 0 saturated heterocycles. The summed E-state index contributed by atoms with van der Waals surface area (Å²) >= 11 is 0. The maximum atomic E-state index is 8.08. The van der Waals surface area contributed by atoms with Crippen molar-refractivity contribution in [2.75, 3.05) is 7.11 Å². The molecule has 0 heterocycles. The van der Waals surface area contributed by atoms with E-state index in [1.807, 2.05) is 13.0 Å². The van der Waals surface area contributed by atoms with Gasteiger partial charge in [-0.1, -0.05) is 44.5 Å². The Labute approximate surface area is 169 Å². The fourth-order valence-electron chi connectivity index (χ4n) is 4.22. The van der Waals surface area contributed by atoms with E-state index in [0.29, 0.717) is 11.6 Å². The largest absolute Gasteiger partial charge is 0.496 e. The van der Waals surface area contributed by atoms with Crippen LogP contribution < -0.4 is 0 Å². The van der Waals surface area contributed by atoms with E-state index in [2.05, 4.69) is 65.0 Å². The average Bonchev–Trinajstić information content (AvgIpc) is 2.64. The molecule has 0 fully saturated rings. The molecule has 0 aromatic heterocycles. The molecular formula is C26H31NO. The van der Waals surface area contributed by atoms with E-state index in [1.54, 1.807) is 7.11 Å². The second-order valence-electron chi connectivity index (χ2n) is 8.10. The zero-order valence-corrected chi connectivity index (χ0v) is 18.2. The number of hydrogen-bond donors (Lipinski definition) is 1. The Hall–Kier alpha value is -2.61. The van der Waals surface area contributed by atoms with Crippen molar-refractivity contribution in [3.05, 3.63) is 75.1 Å². The fraction of sp³-hybridized carbons (Fsp3) is 0.346. The zero-order valence-electron chi connectivity index (χ0n) is 18.2. The number of hydrogen-bond acceptors (Lipinski definition) is 2. The van der Waals surface area contributed by atoms with Gasteiger partial charge in [0, 0.05) is 11.6 Å². The molecule has 2 aromatic carbocycles. The van der Waals surface area contributed by atoms with Gasteiger partial charge in [-0.25, -0.2) is 0 Å². The van der Waals surface area contributed by atoms with Gasteiger partial charge in [-0.2, -0.15) is 0 Å². The highest BCUT2D eigenvalue weighted by atomic mass is 16.5. The molecule has 28 heavy (non-hydrogen) atoms. The van der Waals surface area contributed by atoms with E-state index < -0.39 is 0 Å². The molecule has 1 N–H and O–H groups in total. The highest BCUT2D eigenvalue weighted by molar-refractivity contribution is 6.08. The summed E-state index contributed by atoms with van der Waals surface area (Å²) in [5.74, 6) is 1.16. The van der Waals surface area contributed by atoms with E-state index in [-0.39, 0.29) is 0 Å². The van der Waals surface area contributed by atoms with Gasteiger partial charge in [0.2, 0.25) is 0 Å². The maximum Gasteiger partial charge on any atom is 0.128 e. The number of methoxy groups -OCH3 is 1. The van der Waals surface area contributed by atoms with Gasteiger partial charge in [0.15, 0.2) is 0 Å². The van der Waals surface area contributed by atoms with Crippen molar-refractivity contribution in [2.45, 2.75) is 53.9 Å². The van der Waals surface area contributed by atoms with Gasteiger partial charge >= 0.3 is 0 Å². The van der Waals surface area contributed by atoms with Crippen LogP contribution >= 0.6 is 0 Å². The molecule has 146 valence electrons. The molecule has 0 amide bonds. The fourth-order valence-corrected chi connectivity index (χ4v) is 4.22. The van der Waals surface area contributed by atoms with Crippen LogP contribution in [0, 0.1) is 19.3 Å². The molecule has 0 bridgehead atoms. The minimum atomic E-state index is 0.407. The van der Waals surface area contributed by atoms with Gasteiger partial charge in [-0.05, 0) is 83.9 Å². The minimum absolute atomic E-state index is 0.407. The van der Waals surface area contributed by atoms with Gasteiger partial charge in [0.1, 0.15) is 5.76 Å². The molecule has 0 radical (unpaired) electrons. The number of fused-ring (bicyclic) bond motifs is 1. The second kappa shape index (κ2) is 7.79. The van der Waals surface area contributed by atoms with E-state index in [1.165, 1.54) is 38.6 Å². The zero-order chi connectivity index (χ0) is 20.6. The summed E-state index contributed by atoms with van der Waals surface area (Å²) in [5.41, 5.74) is 9.19. The molecule has 2 nitrogen and oxygen atoms in total. The summed E-state index contributed by atoms with van der Waals surface area (Å²) in [7, 11) is 1.68. The molecule has 0 atom stereocenters. The van der Waals surface area contributed by atoms with Gasteiger partial charge in [-0.3, -0.25) is 0 Å². The number of nitrogens with one attached hydrogen (secondary N) is 1. The van der Waals surface area contributed by atoms with Crippen molar-refractivity contribution in [3.8, 4) is 0 Å². The molecule has 0 unspecified atom stereocenters. The monoisotopic (exact) mass is 373 g/mol. The molecule has 1 aliphatic rings. The molecule has 1 aliphatic carbocycles. The van der Waals surface area contributed by atoms with E-state index in [0.717, 1.165) is 23.3 Å². The Kier molecular flexibility index (Phi) is 5.60. The number of allylic oxidation sites excluding steroid dienone is 3. The summed E-state index contributed by atoms with van der Waals surface area (Å²) in [5, 5.41) is 10.8. The lowest BCUT2D eigenvalue weighted by Crippen LogP contribution is -2.07. The topological polar surface area (TPSA) is 33.1 Å². The van der Waals surface area contributed by atoms with E-state index >= 15 is 0 Å². The van der Waals surface area contributed by atoms with Crippen molar-refractivity contribution in [2.24, 2.45) is 0 Å². The first-order chi connectivity index (χ1) is 13.3. The third-order valence-corrected chi connectivity index (χ3v) is 5.59. The predicted molar refractivity (Wildman–Crippen MR) is 121 cm³/mol. The van der Waals surface area contributed by atoms with Crippen LogP contribution in [0.3, 0.4) is 0 Å². The Bertz CT molecular complexity index is 1050. The smallest absolute Gasteiger partial charge is 0.128 e. The quantitative estimate of drug-likeness (QED) is 0.613. The standard InChI is InChI=1S/C26H31NO/c1-8-19-9-16(4)10-21-11-17(5)22(25(15(2)3)26(19)21)13-20-12-18(6)23(27)14-24(20)28-7/h9-15,27H,8H2,1-7H3. The average molecular weight is 374 g/mol. The molecule has 0 saturated carbocycles. The van der Waals surface area contributed by atoms with E-state index in [4.69, 9.17) is 10.1 Å². The first-order valence-electron chi connectivity index (χ1n) is 10.1. The lowest BCUT2D eigenvalue weighted by Gasteiger charge is -2.21. The first-order valence-corrected chi connectivity index (χ1v) is 10.1. The third-order valence-electron chi connectivity index (χ3n) is 5.59. The SMILES string of the molecule is CCc1cc(C)cc2cc(C)c(C=C3C=C(C)C(=N)C=C3OC)c(C(C)C)c12. The molecule has 2 aromatic rings. The summed E-state index contributed by atoms with van der Waals surface area (Å²) < 4.78 is 5.59. The van der Waals surface area contributed by atoms with Crippen LogP contribution in [0.5, 0.6) is 0 Å². The molecule has 3 rings (SSSR count). The van der Waals surface area contributed by atoms with Gasteiger partial charge in [0.05, 0.1) is 12.8 Å². The summed E-state index contributed by atoms with van der Waals surface area (Å²) in [6.45, 7) is 13.2. The minimum Gasteiger partial charge on any atom is -0.496 e. The van der Waals surface area contributed by atoms with Gasteiger partial charge in [0.25, 0.3) is 0 Å². The number of aryl methyl sites for hydroxylation is 3. The van der Waals surface area contributed by atoms with Gasteiger partial charge < -0.3 is 10.1 Å². The normalized spacial score (nSPS) is 16.0. The second-order valence-corrected chi connectivity index (χ2v) is 8.10. The lowest BCUT2D eigenvalue weighted by atomic mass is 9.83. The van der Waals surface area contributed by atoms with Crippen LogP contribution in [-0.2, 0) is 11.2 Å². The van der Waals surface area contributed by atoms with Crippen LogP contribution in [0.4, 0.5) is 0 Å². The summed E-state index contributed by atoms with van der Waals surface area (Å²) in [6.07, 6.45) is 7.14. The van der Waals surface area contributed by atoms with E-state index in [9.17, 15) is 0 Å². The summed E-state index contributed by atoms with van der Waals surface area (Å²) in [4.78, 5) is 0. The van der Waals surface area contributed by atoms with Crippen molar-refractivity contribution in [1.82, 2.24) is 0 Å². The number of rotatable bonds is 4. The number of ether oxygens (including phenoxy) is 1. The molecular weight excluding hydrogens is 342 g/mol. The Morgan fingerprint density at radius 1 is 1.07 bits per heavy atom. The van der Waals surface area contributed by atoms with Gasteiger partial charge in [-0.15, -0.1) is 0 Å². The maximum absolute atomic E-state index is 8.08. The molecule has 2 heteroatoms. The van der Waals surface area contributed by atoms with Crippen LogP contribution in [0.15, 0.2) is 47.3 Å². The highest BCUT2D eigenvalue weighted by Crippen LogP contribution is 2.37. The molecule has 0 aliphatic heterocycles. The van der Waals surface area contributed by atoms with Crippen LogP contribution in [0.1, 0.15) is 61.4 Å². The molecule has 0 spiro atoms. The van der Waals surface area contributed by atoms with Crippen molar-refractivity contribution >= 4 is 22.6 Å². The highest BCUT2D eigenvalue weighted by Gasteiger charge is 2.18. The third kappa shape index (κ3) is 3.56. The van der Waals surface area contributed by atoms with Crippen LogP contribution in [0.25, 0.3) is 16.8 Å². The lowest BCUT2D eigenvalue weighted by molar-refractivity contribution is 0.303. The van der Waals surface area contributed by atoms with Crippen molar-refractivity contribution in [3.63, 3.8) is 0 Å². The summed E-state index contributed by atoms with van der Waals surface area (Å²) in [6, 6.07) is 6.95. The first kappa shape index (κ1) is 20.1.